The lowest BCUT2D eigenvalue weighted by Gasteiger charge is -2.29. The maximum atomic E-state index is 13.6. The van der Waals surface area contributed by atoms with E-state index in [9.17, 15) is 31.8 Å². The van der Waals surface area contributed by atoms with Gasteiger partial charge in [-0.1, -0.05) is 29.8 Å². The number of nitrogens with zero attached hydrogens (tertiary/aromatic N) is 2. The van der Waals surface area contributed by atoms with Gasteiger partial charge < -0.3 is 15.9 Å². The number of sulfonamides is 1. The highest BCUT2D eigenvalue weighted by Gasteiger charge is 2.55. The van der Waals surface area contributed by atoms with E-state index < -0.39 is 45.3 Å². The van der Waals surface area contributed by atoms with Crippen LogP contribution in [0.2, 0.25) is 5.02 Å². The topological polar surface area (TPSA) is 138 Å². The van der Waals surface area contributed by atoms with E-state index >= 15 is 0 Å². The van der Waals surface area contributed by atoms with E-state index in [0.717, 1.165) is 18.3 Å². The second-order valence-corrected chi connectivity index (χ2v) is 12.7. The van der Waals surface area contributed by atoms with Gasteiger partial charge in [-0.2, -0.15) is 13.2 Å². The molecule has 0 amide bonds. The van der Waals surface area contributed by atoms with Gasteiger partial charge in [0.25, 0.3) is 0 Å². The number of nitrogens with one attached hydrogen (secondary N) is 1. The summed E-state index contributed by atoms with van der Waals surface area (Å²) in [6.45, 7) is -1.57. The molecule has 5 N–H and O–H groups in total. The number of hydrogen-bond acceptors (Lipinski definition) is 8. The van der Waals surface area contributed by atoms with Gasteiger partial charge in [0, 0.05) is 21.3 Å². The molecule has 3 aromatic heterocycles. The van der Waals surface area contributed by atoms with Crippen molar-refractivity contribution in [1.29, 1.82) is 0 Å². The fourth-order valence-electron chi connectivity index (χ4n) is 4.17. The number of fused-ring (bicyclic) bond motifs is 1. The Balaban J connectivity index is 1.64. The zero-order chi connectivity index (χ0) is 28.2. The van der Waals surface area contributed by atoms with Crippen LogP contribution >= 0.6 is 22.9 Å². The highest BCUT2D eigenvalue weighted by atomic mass is 35.5. The van der Waals surface area contributed by atoms with Crippen molar-refractivity contribution in [1.82, 2.24) is 14.7 Å². The van der Waals surface area contributed by atoms with Crippen molar-refractivity contribution in [2.75, 3.05) is 12.3 Å². The van der Waals surface area contributed by atoms with Gasteiger partial charge in [-0.05, 0) is 54.1 Å². The Morgan fingerprint density at radius 3 is 2.59 bits per heavy atom. The lowest BCUT2D eigenvalue weighted by molar-refractivity contribution is -0.277. The molecule has 0 radical (unpaired) electrons. The molecule has 1 fully saturated rings. The molecular weight excluding hydrogens is 577 g/mol. The van der Waals surface area contributed by atoms with Crippen LogP contribution in [0.5, 0.6) is 0 Å². The Hall–Kier alpha value is -2.81. The Bertz CT molecular complexity index is 1660. The maximum absolute atomic E-state index is 13.6. The summed E-state index contributed by atoms with van der Waals surface area (Å²) in [5.74, 6) is 0.147. The van der Waals surface area contributed by atoms with Gasteiger partial charge in [-0.25, -0.2) is 18.1 Å². The fraction of sp³-hybridized carbons (Fsp3) is 0.280. The third kappa shape index (κ3) is 5.22. The molecule has 14 heteroatoms. The minimum atomic E-state index is -5.13. The molecule has 0 bridgehead atoms. The number of aliphatic hydroxyl groups is 2. The molecule has 1 aliphatic rings. The lowest BCUT2D eigenvalue weighted by atomic mass is 9.93. The predicted octanol–water partition coefficient (Wildman–Crippen LogP) is 4.51. The lowest BCUT2D eigenvalue weighted by Crippen LogP contribution is -2.45. The second-order valence-electron chi connectivity index (χ2n) is 9.22. The van der Waals surface area contributed by atoms with Crippen LogP contribution in [0.4, 0.5) is 19.0 Å². The minimum Gasteiger partial charge on any atom is -0.393 e. The maximum Gasteiger partial charge on any atom is 0.423 e. The normalized spacial score (nSPS) is 16.8. The molecule has 4 aromatic rings. The number of halogens is 4. The molecule has 0 aliphatic heterocycles. The Morgan fingerprint density at radius 2 is 1.92 bits per heavy atom. The number of rotatable bonds is 8. The van der Waals surface area contributed by atoms with E-state index in [4.69, 9.17) is 17.3 Å². The van der Waals surface area contributed by atoms with Crippen LogP contribution in [0.3, 0.4) is 0 Å². The van der Waals surface area contributed by atoms with Crippen LogP contribution in [0.25, 0.3) is 21.3 Å². The van der Waals surface area contributed by atoms with E-state index in [2.05, 4.69) is 14.7 Å². The van der Waals surface area contributed by atoms with E-state index in [1.165, 1.54) is 23.5 Å². The number of anilines is 1. The third-order valence-corrected chi connectivity index (χ3v) is 9.95. The number of aliphatic hydroxyl groups excluding tert-OH is 1. The van der Waals surface area contributed by atoms with Crippen molar-refractivity contribution in [3.8, 4) is 11.3 Å². The van der Waals surface area contributed by atoms with Gasteiger partial charge in [-0.3, -0.25) is 4.98 Å². The summed E-state index contributed by atoms with van der Waals surface area (Å²) in [7, 11) is -3.70. The molecule has 1 aromatic carbocycles. The van der Waals surface area contributed by atoms with Crippen LogP contribution in [0, 0.1) is 0 Å². The number of aromatic nitrogens is 2. The van der Waals surface area contributed by atoms with Gasteiger partial charge in [0.1, 0.15) is 5.82 Å². The second kappa shape index (κ2) is 9.98. The summed E-state index contributed by atoms with van der Waals surface area (Å²) in [6, 6.07) is 10.9. The molecule has 2 atom stereocenters. The monoisotopic (exact) mass is 598 g/mol. The molecule has 1 aliphatic carbocycles. The average molecular weight is 599 g/mol. The molecule has 8 nitrogen and oxygen atoms in total. The van der Waals surface area contributed by atoms with Crippen molar-refractivity contribution in [3.63, 3.8) is 0 Å². The van der Waals surface area contributed by atoms with Crippen molar-refractivity contribution in [2.24, 2.45) is 0 Å². The quantitative estimate of drug-likeness (QED) is 0.234. The smallest absolute Gasteiger partial charge is 0.393 e. The molecule has 0 spiro atoms. The van der Waals surface area contributed by atoms with Gasteiger partial charge in [-0.15, -0.1) is 11.3 Å². The molecule has 0 unspecified atom stereocenters. The Kier molecular flexibility index (Phi) is 7.10. The number of alkyl halides is 3. The summed E-state index contributed by atoms with van der Waals surface area (Å²) in [4.78, 5) is 9.02. The SMILES string of the molecule is Nc1ccc(Cl)c([C@@H](NS(=O)(=O)C2CC2)c2cc3cccc(-c4cc([C@@](O)(CO)C(F)(F)F)ccn4)c3s2)n1. The first kappa shape index (κ1) is 27.7. The van der Waals surface area contributed by atoms with Crippen LogP contribution in [-0.4, -0.2) is 46.6 Å². The van der Waals surface area contributed by atoms with Gasteiger partial charge in [0.2, 0.25) is 15.6 Å². The zero-order valence-corrected chi connectivity index (χ0v) is 22.4. The summed E-state index contributed by atoms with van der Waals surface area (Å²) < 4.78 is 69.9. The molecule has 3 heterocycles. The van der Waals surface area contributed by atoms with Crippen LogP contribution < -0.4 is 10.5 Å². The summed E-state index contributed by atoms with van der Waals surface area (Å²) in [6.07, 6.45) is -2.93. The molecule has 5 rings (SSSR count). The van der Waals surface area contributed by atoms with E-state index in [0.29, 0.717) is 33.4 Å². The largest absolute Gasteiger partial charge is 0.423 e. The minimum absolute atomic E-state index is 0.123. The number of nitrogens with two attached hydrogens (primary N) is 1. The fourth-order valence-corrected chi connectivity index (χ4v) is 7.21. The first-order chi connectivity index (χ1) is 18.3. The molecular formula is C25H22ClF3N4O4S2. The summed E-state index contributed by atoms with van der Waals surface area (Å²) in [5, 5.41) is 20.0. The standard InChI is InChI=1S/C25H22ClF3N4O4S2/c26-17-6-7-20(30)32-21(17)22(33-39(36,37)15-4-5-15)19-10-13-2-1-3-16(23(13)38-19)18-11-14(8-9-31-18)24(35,12-34)25(27,28)29/h1-3,6-11,15,22,33-35H,4-5,12H2,(H2,30,32)/t22-,24-/m0/s1. The van der Waals surface area contributed by atoms with Gasteiger partial charge in [0.15, 0.2) is 0 Å². The zero-order valence-electron chi connectivity index (χ0n) is 20.0. The average Bonchev–Trinajstić information content (AvgIpc) is 3.67. The number of thiophene rings is 1. The highest BCUT2D eigenvalue weighted by molar-refractivity contribution is 7.90. The summed E-state index contributed by atoms with van der Waals surface area (Å²) in [5.41, 5.74) is 2.62. The first-order valence-corrected chi connectivity index (χ1v) is 14.4. The third-order valence-electron chi connectivity index (χ3n) is 6.47. The highest BCUT2D eigenvalue weighted by Crippen LogP contribution is 2.43. The van der Waals surface area contributed by atoms with Gasteiger partial charge in [0.05, 0.1) is 34.3 Å². The van der Waals surface area contributed by atoms with Crippen molar-refractivity contribution < 1.29 is 31.8 Å². The first-order valence-electron chi connectivity index (χ1n) is 11.7. The molecule has 0 saturated heterocycles. The number of benzene rings is 1. The molecule has 39 heavy (non-hydrogen) atoms. The Morgan fingerprint density at radius 1 is 1.18 bits per heavy atom. The number of hydrogen-bond donors (Lipinski definition) is 4. The van der Waals surface area contributed by atoms with Crippen molar-refractivity contribution in [2.45, 2.75) is 35.9 Å². The number of nitrogen functional groups attached to an aromatic ring is 1. The number of pyridine rings is 2. The predicted molar refractivity (Wildman–Crippen MR) is 143 cm³/mol. The van der Waals surface area contributed by atoms with Crippen molar-refractivity contribution >= 4 is 48.9 Å². The van der Waals surface area contributed by atoms with E-state index in [-0.39, 0.29) is 22.2 Å². The van der Waals surface area contributed by atoms with Crippen molar-refractivity contribution in [3.05, 3.63) is 75.9 Å². The van der Waals surface area contributed by atoms with Crippen LogP contribution in [-0.2, 0) is 15.6 Å². The molecule has 1 saturated carbocycles. The van der Waals surface area contributed by atoms with Crippen LogP contribution in [0.15, 0.2) is 54.7 Å². The van der Waals surface area contributed by atoms with E-state index in [1.54, 1.807) is 24.3 Å². The van der Waals surface area contributed by atoms with Gasteiger partial charge >= 0.3 is 6.18 Å². The Labute approximate surface area is 230 Å². The summed E-state index contributed by atoms with van der Waals surface area (Å²) >= 11 is 7.60. The molecule has 206 valence electrons. The van der Waals surface area contributed by atoms with E-state index in [1.807, 2.05) is 0 Å². The van der Waals surface area contributed by atoms with Crippen LogP contribution in [0.1, 0.15) is 35.0 Å².